The van der Waals surface area contributed by atoms with Gasteiger partial charge < -0.3 is 29.2 Å². The van der Waals surface area contributed by atoms with Crippen molar-refractivity contribution in [3.63, 3.8) is 0 Å². The number of amides is 2. The summed E-state index contributed by atoms with van der Waals surface area (Å²) >= 11 is 0. The van der Waals surface area contributed by atoms with E-state index in [4.69, 9.17) is 18.9 Å². The molecule has 0 aliphatic heterocycles. The van der Waals surface area contributed by atoms with E-state index < -0.39 is 30.4 Å². The molecule has 2 aromatic rings. The molecule has 0 aliphatic carbocycles. The maximum atomic E-state index is 12.5. The number of ether oxygens (including phenoxy) is 4. The van der Waals surface area contributed by atoms with Crippen molar-refractivity contribution in [2.75, 3.05) is 39.8 Å². The Morgan fingerprint density at radius 1 is 0.968 bits per heavy atom. The van der Waals surface area contributed by atoms with Crippen LogP contribution in [0, 0.1) is 0 Å². The Hall–Kier alpha value is -3.75. The fourth-order valence-electron chi connectivity index (χ4n) is 2.81. The number of methoxy groups -OCH3 is 3. The third-order valence-corrected chi connectivity index (χ3v) is 4.45. The molecule has 0 saturated heterocycles. The van der Waals surface area contributed by atoms with Crippen molar-refractivity contribution in [3.8, 4) is 17.2 Å². The molecule has 0 radical (unpaired) electrons. The van der Waals surface area contributed by atoms with E-state index >= 15 is 0 Å². The number of likely N-dealkylation sites (N-methyl/N-ethyl adjacent to an activating group) is 1. The van der Waals surface area contributed by atoms with Crippen LogP contribution < -0.4 is 24.4 Å². The molecular formula is C22H26N2O7. The molecule has 166 valence electrons. The summed E-state index contributed by atoms with van der Waals surface area (Å²) in [6.45, 7) is 1.06. The third kappa shape index (κ3) is 5.88. The van der Waals surface area contributed by atoms with Gasteiger partial charge in [-0.05, 0) is 31.2 Å². The SMILES string of the molecule is COc1cc(C(=O)NCC(=O)OC(C)C(=O)N(C)c2ccccc2)cc(OC)c1OC. The normalized spacial score (nSPS) is 11.1. The molecule has 2 aromatic carbocycles. The quantitative estimate of drug-likeness (QED) is 0.607. The van der Waals surface area contributed by atoms with Gasteiger partial charge in [0.25, 0.3) is 11.8 Å². The Morgan fingerprint density at radius 3 is 2.06 bits per heavy atom. The maximum Gasteiger partial charge on any atom is 0.326 e. The number of esters is 1. The topological polar surface area (TPSA) is 103 Å². The summed E-state index contributed by atoms with van der Waals surface area (Å²) in [7, 11) is 5.91. The summed E-state index contributed by atoms with van der Waals surface area (Å²) in [5.41, 5.74) is 0.876. The van der Waals surface area contributed by atoms with Gasteiger partial charge in [-0.15, -0.1) is 0 Å². The molecule has 0 bridgehead atoms. The number of carbonyl (C=O) groups excluding carboxylic acids is 3. The van der Waals surface area contributed by atoms with Crippen LogP contribution in [0.2, 0.25) is 0 Å². The predicted octanol–water partition coefficient (Wildman–Crippen LogP) is 2.04. The summed E-state index contributed by atoms with van der Waals surface area (Å²) in [4.78, 5) is 38.4. The molecule has 1 unspecified atom stereocenters. The van der Waals surface area contributed by atoms with Gasteiger partial charge in [-0.3, -0.25) is 14.4 Å². The molecule has 9 heteroatoms. The van der Waals surface area contributed by atoms with Crippen LogP contribution >= 0.6 is 0 Å². The molecule has 1 N–H and O–H groups in total. The van der Waals surface area contributed by atoms with Gasteiger partial charge in [-0.2, -0.15) is 0 Å². The number of nitrogens with zero attached hydrogens (tertiary/aromatic N) is 1. The average molecular weight is 430 g/mol. The summed E-state index contributed by atoms with van der Waals surface area (Å²) in [6, 6.07) is 11.9. The Morgan fingerprint density at radius 2 is 1.55 bits per heavy atom. The largest absolute Gasteiger partial charge is 0.493 e. The van der Waals surface area contributed by atoms with Crippen molar-refractivity contribution in [1.29, 1.82) is 0 Å². The highest BCUT2D eigenvalue weighted by molar-refractivity contribution is 5.98. The summed E-state index contributed by atoms with van der Waals surface area (Å²) in [5, 5.41) is 2.45. The number of benzene rings is 2. The second-order valence-corrected chi connectivity index (χ2v) is 6.46. The molecule has 0 spiro atoms. The Kier molecular flexibility index (Phi) is 8.25. The van der Waals surface area contributed by atoms with Gasteiger partial charge in [0.1, 0.15) is 6.54 Å². The molecule has 1 atom stereocenters. The van der Waals surface area contributed by atoms with Gasteiger partial charge in [0.15, 0.2) is 17.6 Å². The van der Waals surface area contributed by atoms with Gasteiger partial charge in [-0.25, -0.2) is 0 Å². The zero-order valence-corrected chi connectivity index (χ0v) is 18.1. The van der Waals surface area contributed by atoms with E-state index in [1.807, 2.05) is 6.07 Å². The second-order valence-electron chi connectivity index (χ2n) is 6.46. The Labute approximate surface area is 180 Å². The van der Waals surface area contributed by atoms with Gasteiger partial charge in [-0.1, -0.05) is 18.2 Å². The van der Waals surface area contributed by atoms with Gasteiger partial charge in [0, 0.05) is 18.3 Å². The minimum atomic E-state index is -1.02. The zero-order chi connectivity index (χ0) is 23.0. The number of para-hydroxylation sites is 1. The Balaban J connectivity index is 1.96. The van der Waals surface area contributed by atoms with Gasteiger partial charge in [0.05, 0.1) is 21.3 Å². The van der Waals surface area contributed by atoms with E-state index in [9.17, 15) is 14.4 Å². The lowest BCUT2D eigenvalue weighted by molar-refractivity contribution is -0.152. The molecule has 0 aromatic heterocycles. The molecule has 2 amide bonds. The number of hydrogen-bond donors (Lipinski definition) is 1. The van der Waals surface area contributed by atoms with E-state index in [1.54, 1.807) is 31.3 Å². The van der Waals surface area contributed by atoms with Crippen LogP contribution in [0.15, 0.2) is 42.5 Å². The molecule has 0 fully saturated rings. The van der Waals surface area contributed by atoms with Crippen molar-refractivity contribution in [2.45, 2.75) is 13.0 Å². The first-order valence-electron chi connectivity index (χ1n) is 9.42. The number of anilines is 1. The van der Waals surface area contributed by atoms with Crippen molar-refractivity contribution in [3.05, 3.63) is 48.0 Å². The van der Waals surface area contributed by atoms with Crippen LogP contribution in [-0.4, -0.2) is 58.8 Å². The number of nitrogens with one attached hydrogen (secondary N) is 1. The fraction of sp³-hybridized carbons (Fsp3) is 0.318. The van der Waals surface area contributed by atoms with Crippen LogP contribution in [-0.2, 0) is 14.3 Å². The Bertz CT molecular complexity index is 906. The van der Waals surface area contributed by atoms with Gasteiger partial charge in [0.2, 0.25) is 5.75 Å². The monoisotopic (exact) mass is 430 g/mol. The van der Waals surface area contributed by atoms with E-state index in [-0.39, 0.29) is 5.56 Å². The summed E-state index contributed by atoms with van der Waals surface area (Å²) in [5.74, 6) is -0.735. The maximum absolute atomic E-state index is 12.5. The average Bonchev–Trinajstić information content (AvgIpc) is 2.80. The summed E-state index contributed by atoms with van der Waals surface area (Å²) < 4.78 is 20.8. The van der Waals surface area contributed by atoms with E-state index in [2.05, 4.69) is 5.32 Å². The highest BCUT2D eigenvalue weighted by atomic mass is 16.5. The molecular weight excluding hydrogens is 404 g/mol. The van der Waals surface area contributed by atoms with E-state index in [0.717, 1.165) is 0 Å². The van der Waals surface area contributed by atoms with Gasteiger partial charge >= 0.3 is 5.97 Å². The lowest BCUT2D eigenvalue weighted by Gasteiger charge is -2.21. The minimum Gasteiger partial charge on any atom is -0.493 e. The highest BCUT2D eigenvalue weighted by Crippen LogP contribution is 2.38. The lowest BCUT2D eigenvalue weighted by atomic mass is 10.1. The fourth-order valence-corrected chi connectivity index (χ4v) is 2.81. The number of hydrogen-bond acceptors (Lipinski definition) is 7. The van der Waals surface area contributed by atoms with Crippen molar-refractivity contribution in [2.24, 2.45) is 0 Å². The minimum absolute atomic E-state index is 0.204. The molecule has 0 saturated carbocycles. The van der Waals surface area contributed by atoms with Crippen LogP contribution in [0.1, 0.15) is 17.3 Å². The molecule has 0 heterocycles. The smallest absolute Gasteiger partial charge is 0.326 e. The molecule has 0 aliphatic rings. The number of rotatable bonds is 9. The molecule has 9 nitrogen and oxygen atoms in total. The van der Waals surface area contributed by atoms with E-state index in [0.29, 0.717) is 22.9 Å². The number of carbonyl (C=O) groups is 3. The predicted molar refractivity (Wildman–Crippen MR) is 114 cm³/mol. The van der Waals surface area contributed by atoms with Crippen LogP contribution in [0.25, 0.3) is 0 Å². The van der Waals surface area contributed by atoms with Crippen LogP contribution in [0.5, 0.6) is 17.2 Å². The second kappa shape index (κ2) is 10.9. The standard InChI is InChI=1S/C22H26N2O7/c1-14(22(27)24(2)16-9-7-6-8-10-16)31-19(25)13-23-21(26)15-11-17(28-3)20(30-5)18(12-15)29-4/h6-12,14H,13H2,1-5H3,(H,23,26). The first kappa shape index (κ1) is 23.5. The zero-order valence-electron chi connectivity index (χ0n) is 18.1. The lowest BCUT2D eigenvalue weighted by Crippen LogP contribution is -2.39. The first-order chi connectivity index (χ1) is 14.8. The molecule has 31 heavy (non-hydrogen) atoms. The van der Waals surface area contributed by atoms with E-state index in [1.165, 1.54) is 45.3 Å². The van der Waals surface area contributed by atoms with Crippen molar-refractivity contribution in [1.82, 2.24) is 5.32 Å². The molecule has 2 rings (SSSR count). The third-order valence-electron chi connectivity index (χ3n) is 4.45. The van der Waals surface area contributed by atoms with Crippen molar-refractivity contribution < 1.29 is 33.3 Å². The summed E-state index contributed by atoms with van der Waals surface area (Å²) in [6.07, 6.45) is -1.02. The highest BCUT2D eigenvalue weighted by Gasteiger charge is 2.23. The van der Waals surface area contributed by atoms with Crippen molar-refractivity contribution >= 4 is 23.5 Å². The first-order valence-corrected chi connectivity index (χ1v) is 9.42. The van der Waals surface area contributed by atoms with Crippen LogP contribution in [0.4, 0.5) is 5.69 Å². The van der Waals surface area contributed by atoms with Crippen LogP contribution in [0.3, 0.4) is 0 Å².